The van der Waals surface area contributed by atoms with Crippen molar-refractivity contribution in [1.82, 2.24) is 4.98 Å². The normalized spacial score (nSPS) is 10.6. The Bertz CT molecular complexity index is 734. The standard InChI is InChI=1S/C14H13BrN4O4/c1-22-12-6-9(5-11(15)14(12)23-2)7-17-18-13-4-3-10(8-16-13)19(20)21/h3-8H,1-2H3,(H,16,18)/b17-7-. The van der Waals surface area contributed by atoms with Crippen molar-refractivity contribution in [2.75, 3.05) is 19.6 Å². The molecule has 1 aromatic heterocycles. The van der Waals surface area contributed by atoms with Crippen LogP contribution in [0.15, 0.2) is 40.0 Å². The molecule has 8 nitrogen and oxygen atoms in total. The predicted octanol–water partition coefficient (Wildman–Crippen LogP) is 3.22. The minimum Gasteiger partial charge on any atom is -0.493 e. The Hall–Kier alpha value is -2.68. The van der Waals surface area contributed by atoms with Gasteiger partial charge in [-0.25, -0.2) is 4.98 Å². The van der Waals surface area contributed by atoms with Crippen LogP contribution in [0.1, 0.15) is 5.56 Å². The van der Waals surface area contributed by atoms with E-state index >= 15 is 0 Å². The van der Waals surface area contributed by atoms with Crippen LogP contribution in [0.3, 0.4) is 0 Å². The molecular formula is C14H13BrN4O4. The second kappa shape index (κ2) is 7.54. The molecule has 0 radical (unpaired) electrons. The molecule has 0 bridgehead atoms. The molecule has 0 aliphatic heterocycles. The van der Waals surface area contributed by atoms with Gasteiger partial charge in [0.15, 0.2) is 11.5 Å². The van der Waals surface area contributed by atoms with Crippen molar-refractivity contribution in [3.8, 4) is 11.5 Å². The Morgan fingerprint density at radius 1 is 1.35 bits per heavy atom. The van der Waals surface area contributed by atoms with E-state index < -0.39 is 4.92 Å². The Balaban J connectivity index is 2.11. The van der Waals surface area contributed by atoms with Crippen LogP contribution >= 0.6 is 15.9 Å². The van der Waals surface area contributed by atoms with E-state index in [9.17, 15) is 10.1 Å². The summed E-state index contributed by atoms with van der Waals surface area (Å²) in [6.45, 7) is 0. The molecule has 2 aromatic rings. The number of hydrazone groups is 1. The summed E-state index contributed by atoms with van der Waals surface area (Å²) in [7, 11) is 3.10. The third kappa shape index (κ3) is 4.16. The summed E-state index contributed by atoms with van der Waals surface area (Å²) >= 11 is 3.39. The highest BCUT2D eigenvalue weighted by molar-refractivity contribution is 9.10. The number of nitrogens with one attached hydrogen (secondary N) is 1. The van der Waals surface area contributed by atoms with Gasteiger partial charge in [0.1, 0.15) is 12.0 Å². The monoisotopic (exact) mass is 380 g/mol. The van der Waals surface area contributed by atoms with E-state index in [1.54, 1.807) is 26.5 Å². The van der Waals surface area contributed by atoms with E-state index in [1.807, 2.05) is 6.07 Å². The highest BCUT2D eigenvalue weighted by Crippen LogP contribution is 2.35. The number of halogens is 1. The molecule has 0 unspecified atom stereocenters. The van der Waals surface area contributed by atoms with E-state index in [4.69, 9.17) is 9.47 Å². The van der Waals surface area contributed by atoms with Gasteiger partial charge in [0.05, 0.1) is 29.8 Å². The minimum atomic E-state index is -0.513. The maximum atomic E-state index is 10.5. The molecule has 0 aliphatic rings. The van der Waals surface area contributed by atoms with E-state index in [-0.39, 0.29) is 5.69 Å². The van der Waals surface area contributed by atoms with Crippen molar-refractivity contribution < 1.29 is 14.4 Å². The maximum absolute atomic E-state index is 10.5. The highest BCUT2D eigenvalue weighted by Gasteiger charge is 2.09. The lowest BCUT2D eigenvalue weighted by molar-refractivity contribution is -0.385. The number of pyridine rings is 1. The fourth-order valence-electron chi connectivity index (χ4n) is 1.75. The number of hydrogen-bond acceptors (Lipinski definition) is 7. The third-order valence-corrected chi connectivity index (χ3v) is 3.40. The molecule has 0 spiro atoms. The van der Waals surface area contributed by atoms with Crippen LogP contribution in [-0.2, 0) is 0 Å². The molecule has 1 N–H and O–H groups in total. The van der Waals surface area contributed by atoms with E-state index in [1.165, 1.54) is 12.1 Å². The summed E-state index contributed by atoms with van der Waals surface area (Å²) in [6, 6.07) is 6.39. The van der Waals surface area contributed by atoms with Crippen LogP contribution < -0.4 is 14.9 Å². The largest absolute Gasteiger partial charge is 0.493 e. The average molecular weight is 381 g/mol. The number of rotatable bonds is 6. The fourth-order valence-corrected chi connectivity index (χ4v) is 2.37. The zero-order valence-corrected chi connectivity index (χ0v) is 13.9. The smallest absolute Gasteiger partial charge is 0.287 e. The van der Waals surface area contributed by atoms with Gasteiger partial charge in [-0.2, -0.15) is 5.10 Å². The molecule has 0 saturated carbocycles. The SMILES string of the molecule is COc1cc(/C=N\Nc2ccc([N+](=O)[O-])cn2)cc(Br)c1OC. The van der Waals surface area contributed by atoms with Crippen LogP contribution in [0.2, 0.25) is 0 Å². The van der Waals surface area contributed by atoms with Crippen molar-refractivity contribution >= 4 is 33.6 Å². The number of nitro groups is 1. The number of methoxy groups -OCH3 is 2. The van der Waals surface area contributed by atoms with Gasteiger partial charge in [-0.1, -0.05) is 0 Å². The van der Waals surface area contributed by atoms with Gasteiger partial charge < -0.3 is 9.47 Å². The molecule has 2 rings (SSSR count). The van der Waals surface area contributed by atoms with Crippen molar-refractivity contribution in [1.29, 1.82) is 0 Å². The van der Waals surface area contributed by atoms with Crippen molar-refractivity contribution in [2.24, 2.45) is 5.10 Å². The number of anilines is 1. The van der Waals surface area contributed by atoms with Crippen LogP contribution in [-0.4, -0.2) is 30.3 Å². The summed E-state index contributed by atoms with van der Waals surface area (Å²) in [4.78, 5) is 13.9. The van der Waals surface area contributed by atoms with Gasteiger partial charge >= 0.3 is 0 Å². The van der Waals surface area contributed by atoms with Gasteiger partial charge in [0.2, 0.25) is 0 Å². The van der Waals surface area contributed by atoms with Crippen molar-refractivity contribution in [2.45, 2.75) is 0 Å². The van der Waals surface area contributed by atoms with Crippen LogP contribution in [0, 0.1) is 10.1 Å². The lowest BCUT2D eigenvalue weighted by Gasteiger charge is -2.10. The van der Waals surface area contributed by atoms with Crippen molar-refractivity contribution in [3.05, 3.63) is 50.6 Å². The molecule has 0 amide bonds. The molecule has 120 valence electrons. The first-order valence-corrected chi connectivity index (χ1v) is 7.15. The summed E-state index contributed by atoms with van der Waals surface area (Å²) in [6.07, 6.45) is 2.72. The van der Waals surface area contributed by atoms with Crippen molar-refractivity contribution in [3.63, 3.8) is 0 Å². The Morgan fingerprint density at radius 3 is 2.70 bits per heavy atom. The Morgan fingerprint density at radius 2 is 2.13 bits per heavy atom. The van der Waals surface area contributed by atoms with Crippen LogP contribution in [0.4, 0.5) is 11.5 Å². The van der Waals surface area contributed by atoms with Gasteiger partial charge in [0, 0.05) is 6.07 Å². The second-order valence-electron chi connectivity index (χ2n) is 4.27. The van der Waals surface area contributed by atoms with E-state index in [2.05, 4.69) is 31.4 Å². The first-order chi connectivity index (χ1) is 11.0. The summed E-state index contributed by atoms with van der Waals surface area (Å²) < 4.78 is 11.2. The highest BCUT2D eigenvalue weighted by atomic mass is 79.9. The Kier molecular flexibility index (Phi) is 5.47. The molecule has 0 aliphatic carbocycles. The quantitative estimate of drug-likeness (QED) is 0.469. The number of hydrogen-bond donors (Lipinski definition) is 1. The molecule has 1 heterocycles. The zero-order chi connectivity index (χ0) is 16.8. The average Bonchev–Trinajstić information content (AvgIpc) is 2.54. The number of ether oxygens (including phenoxy) is 2. The maximum Gasteiger partial charge on any atom is 0.287 e. The first-order valence-electron chi connectivity index (χ1n) is 6.36. The second-order valence-corrected chi connectivity index (χ2v) is 5.12. The number of nitrogens with zero attached hydrogens (tertiary/aromatic N) is 3. The molecule has 0 fully saturated rings. The fraction of sp³-hybridized carbons (Fsp3) is 0.143. The number of aromatic nitrogens is 1. The van der Waals surface area contributed by atoms with Crippen LogP contribution in [0.5, 0.6) is 11.5 Å². The third-order valence-electron chi connectivity index (χ3n) is 2.81. The topological polar surface area (TPSA) is 98.9 Å². The lowest BCUT2D eigenvalue weighted by Crippen LogP contribution is -1.96. The molecule has 0 saturated heterocycles. The van der Waals surface area contributed by atoms with Crippen LogP contribution in [0.25, 0.3) is 0 Å². The van der Waals surface area contributed by atoms with Gasteiger partial charge in [-0.15, -0.1) is 0 Å². The molecule has 9 heteroatoms. The summed E-state index contributed by atoms with van der Waals surface area (Å²) in [5.41, 5.74) is 3.38. The van der Waals surface area contributed by atoms with E-state index in [0.29, 0.717) is 17.3 Å². The first kappa shape index (κ1) is 16.7. The number of benzene rings is 1. The molecular weight excluding hydrogens is 368 g/mol. The van der Waals surface area contributed by atoms with Gasteiger partial charge in [0.25, 0.3) is 5.69 Å². The van der Waals surface area contributed by atoms with E-state index in [0.717, 1.165) is 16.2 Å². The molecule has 23 heavy (non-hydrogen) atoms. The zero-order valence-electron chi connectivity index (χ0n) is 12.3. The summed E-state index contributed by atoms with van der Waals surface area (Å²) in [5, 5.41) is 14.6. The van der Waals surface area contributed by atoms with Gasteiger partial charge in [-0.3, -0.25) is 15.5 Å². The predicted molar refractivity (Wildman–Crippen MR) is 89.4 cm³/mol. The lowest BCUT2D eigenvalue weighted by atomic mass is 10.2. The Labute approximate surface area is 140 Å². The molecule has 0 atom stereocenters. The van der Waals surface area contributed by atoms with Gasteiger partial charge in [-0.05, 0) is 39.7 Å². The summed E-state index contributed by atoms with van der Waals surface area (Å²) in [5.74, 6) is 1.55. The molecule has 1 aromatic carbocycles. The minimum absolute atomic E-state index is 0.0802.